The number of rotatable bonds is 3. The lowest BCUT2D eigenvalue weighted by molar-refractivity contribution is -0.132. The Balaban J connectivity index is 1.77. The monoisotopic (exact) mass is 446 g/mol. The Kier molecular flexibility index (Phi) is 4.79. The highest BCUT2D eigenvalue weighted by molar-refractivity contribution is 6.51. The Morgan fingerprint density at radius 1 is 0.969 bits per heavy atom. The number of H-pyrrole nitrogens is 1. The molecule has 1 amide bonds. The summed E-state index contributed by atoms with van der Waals surface area (Å²) in [5, 5.41) is 12.4. The van der Waals surface area contributed by atoms with Crippen LogP contribution in [0.3, 0.4) is 0 Å². The van der Waals surface area contributed by atoms with Crippen molar-refractivity contribution in [1.29, 1.82) is 0 Å². The number of fused-ring (bicyclic) bond motifs is 1. The Hall–Kier alpha value is -3.90. The van der Waals surface area contributed by atoms with Crippen molar-refractivity contribution in [2.75, 3.05) is 4.90 Å². The molecule has 1 aliphatic rings. The third kappa shape index (κ3) is 3.16. The van der Waals surface area contributed by atoms with Crippen LogP contribution in [-0.4, -0.2) is 21.8 Å². The number of aromatic nitrogens is 1. The van der Waals surface area contributed by atoms with E-state index in [-0.39, 0.29) is 11.3 Å². The molecule has 2 N–H and O–H groups in total. The number of benzene rings is 3. The molecule has 5 nitrogen and oxygen atoms in total. The van der Waals surface area contributed by atoms with Crippen molar-refractivity contribution in [3.05, 3.63) is 107 Å². The summed E-state index contributed by atoms with van der Waals surface area (Å²) in [5.74, 6) is -2.39. The molecule has 158 valence electrons. The zero-order chi connectivity index (χ0) is 22.4. The molecule has 1 saturated heterocycles. The average molecular weight is 447 g/mol. The molecule has 4 aromatic rings. The maximum Gasteiger partial charge on any atom is 0.300 e. The van der Waals surface area contributed by atoms with Gasteiger partial charge in [-0.25, -0.2) is 4.39 Å². The quantitative estimate of drug-likeness (QED) is 0.245. The topological polar surface area (TPSA) is 73.4 Å². The number of amides is 1. The number of nitrogens with one attached hydrogen (secondary N) is 1. The van der Waals surface area contributed by atoms with Crippen molar-refractivity contribution in [2.24, 2.45) is 0 Å². The summed E-state index contributed by atoms with van der Waals surface area (Å²) >= 11 is 5.96. The number of halogens is 2. The van der Waals surface area contributed by atoms with Gasteiger partial charge < -0.3 is 10.1 Å². The second-order valence-corrected chi connectivity index (χ2v) is 7.88. The number of aromatic amines is 1. The van der Waals surface area contributed by atoms with Gasteiger partial charge in [0.25, 0.3) is 11.7 Å². The van der Waals surface area contributed by atoms with Crippen LogP contribution in [0.1, 0.15) is 17.2 Å². The minimum Gasteiger partial charge on any atom is -0.507 e. The molecular weight excluding hydrogens is 431 g/mol. The van der Waals surface area contributed by atoms with Gasteiger partial charge in [0.05, 0.1) is 11.6 Å². The predicted octanol–water partition coefficient (Wildman–Crippen LogP) is 5.59. The lowest BCUT2D eigenvalue weighted by Crippen LogP contribution is -2.29. The minimum absolute atomic E-state index is 0.0496. The molecule has 1 fully saturated rings. The van der Waals surface area contributed by atoms with E-state index in [1.165, 1.54) is 29.2 Å². The summed E-state index contributed by atoms with van der Waals surface area (Å²) in [4.78, 5) is 30.7. The largest absolute Gasteiger partial charge is 0.507 e. The van der Waals surface area contributed by atoms with Gasteiger partial charge in [-0.1, -0.05) is 29.8 Å². The number of aliphatic hydroxyl groups excluding tert-OH is 1. The van der Waals surface area contributed by atoms with Crippen LogP contribution in [0.2, 0.25) is 5.02 Å². The van der Waals surface area contributed by atoms with Crippen LogP contribution in [0, 0.1) is 5.82 Å². The minimum atomic E-state index is -0.910. The highest BCUT2D eigenvalue weighted by Crippen LogP contribution is 2.44. The molecule has 7 heteroatoms. The molecule has 5 rings (SSSR count). The number of aliphatic hydroxyl groups is 1. The second-order valence-electron chi connectivity index (χ2n) is 7.44. The number of hydrogen-bond donors (Lipinski definition) is 2. The first-order chi connectivity index (χ1) is 15.5. The van der Waals surface area contributed by atoms with Crippen LogP contribution in [0.4, 0.5) is 10.1 Å². The maximum absolute atomic E-state index is 13.5. The van der Waals surface area contributed by atoms with Gasteiger partial charge in [0, 0.05) is 38.9 Å². The van der Waals surface area contributed by atoms with E-state index >= 15 is 0 Å². The number of carbonyl (C=O) groups is 2. The van der Waals surface area contributed by atoms with Crippen LogP contribution in [0.15, 0.2) is 84.6 Å². The first-order valence-electron chi connectivity index (χ1n) is 9.84. The Bertz CT molecular complexity index is 1390. The summed E-state index contributed by atoms with van der Waals surface area (Å²) in [5.41, 5.74) is 2.11. The van der Waals surface area contributed by atoms with Gasteiger partial charge in [0.1, 0.15) is 11.6 Å². The number of nitrogens with zero attached hydrogens (tertiary/aromatic N) is 1. The van der Waals surface area contributed by atoms with Gasteiger partial charge in [-0.2, -0.15) is 0 Å². The summed E-state index contributed by atoms with van der Waals surface area (Å²) < 4.78 is 13.5. The SMILES string of the molecule is O=C1C(=O)N(c2ccc(F)cc2)C(c2c[nH]c3ccccc23)/C1=C(\O)c1ccc(Cl)cc1. The standard InChI is InChI=1S/C25H16ClFN2O3/c26-15-7-5-14(6-8-15)23(30)21-22(19-13-28-20-4-2-1-3-18(19)20)29(25(32)24(21)31)17-11-9-16(27)10-12-17/h1-13,22,28,30H/b23-21+. The average Bonchev–Trinajstić information content (AvgIpc) is 3.33. The molecule has 32 heavy (non-hydrogen) atoms. The van der Waals surface area contributed by atoms with Crippen LogP contribution >= 0.6 is 11.6 Å². The van der Waals surface area contributed by atoms with E-state index in [4.69, 9.17) is 11.6 Å². The smallest absolute Gasteiger partial charge is 0.300 e. The number of Topliss-reactive ketones (excluding diaryl/α,β-unsaturated/α-hetero) is 1. The second kappa shape index (κ2) is 7.66. The van der Waals surface area contributed by atoms with Crippen LogP contribution < -0.4 is 4.90 Å². The van der Waals surface area contributed by atoms with E-state index in [1.807, 2.05) is 24.3 Å². The van der Waals surface area contributed by atoms with E-state index in [0.717, 1.165) is 10.9 Å². The number of ketones is 1. The zero-order valence-electron chi connectivity index (χ0n) is 16.5. The number of para-hydroxylation sites is 1. The van der Waals surface area contributed by atoms with Crippen molar-refractivity contribution >= 4 is 45.6 Å². The molecule has 1 atom stereocenters. The maximum atomic E-state index is 13.5. The van der Waals surface area contributed by atoms with Gasteiger partial charge in [-0.15, -0.1) is 0 Å². The van der Waals surface area contributed by atoms with E-state index in [9.17, 15) is 19.1 Å². The van der Waals surface area contributed by atoms with Crippen molar-refractivity contribution in [1.82, 2.24) is 4.98 Å². The number of anilines is 1. The van der Waals surface area contributed by atoms with Crippen LogP contribution in [0.5, 0.6) is 0 Å². The lowest BCUT2D eigenvalue weighted by Gasteiger charge is -2.25. The molecule has 1 unspecified atom stereocenters. The molecule has 0 aliphatic carbocycles. The van der Waals surface area contributed by atoms with Crippen molar-refractivity contribution < 1.29 is 19.1 Å². The van der Waals surface area contributed by atoms with E-state index < -0.39 is 23.5 Å². The fourth-order valence-electron chi connectivity index (χ4n) is 4.08. The third-order valence-electron chi connectivity index (χ3n) is 5.58. The van der Waals surface area contributed by atoms with Crippen molar-refractivity contribution in [2.45, 2.75) is 6.04 Å². The lowest BCUT2D eigenvalue weighted by atomic mass is 9.95. The Morgan fingerprint density at radius 3 is 2.38 bits per heavy atom. The normalized spacial score (nSPS) is 17.9. The third-order valence-corrected chi connectivity index (χ3v) is 5.83. The van der Waals surface area contributed by atoms with Crippen LogP contribution in [0.25, 0.3) is 16.7 Å². The van der Waals surface area contributed by atoms with Gasteiger partial charge in [-0.05, 0) is 54.6 Å². The first kappa shape index (κ1) is 20.0. The van der Waals surface area contributed by atoms with Gasteiger partial charge >= 0.3 is 0 Å². The molecule has 2 heterocycles. The Labute approximate surface area is 187 Å². The van der Waals surface area contributed by atoms with E-state index in [1.54, 1.807) is 30.5 Å². The van der Waals surface area contributed by atoms with Gasteiger partial charge in [0.2, 0.25) is 0 Å². The zero-order valence-corrected chi connectivity index (χ0v) is 17.3. The van der Waals surface area contributed by atoms with E-state index in [2.05, 4.69) is 4.98 Å². The fraction of sp³-hybridized carbons (Fsp3) is 0.0400. The van der Waals surface area contributed by atoms with Crippen LogP contribution in [-0.2, 0) is 9.59 Å². The fourth-order valence-corrected chi connectivity index (χ4v) is 4.20. The summed E-state index contributed by atoms with van der Waals surface area (Å²) in [7, 11) is 0. The Morgan fingerprint density at radius 2 is 1.66 bits per heavy atom. The van der Waals surface area contributed by atoms with Gasteiger partial charge in [0.15, 0.2) is 0 Å². The molecular formula is C25H16ClFN2O3. The highest BCUT2D eigenvalue weighted by atomic mass is 35.5. The number of hydrogen-bond acceptors (Lipinski definition) is 3. The van der Waals surface area contributed by atoms with Gasteiger partial charge in [-0.3, -0.25) is 14.5 Å². The molecule has 0 bridgehead atoms. The molecule has 0 radical (unpaired) electrons. The molecule has 0 spiro atoms. The number of carbonyl (C=O) groups excluding carboxylic acids is 2. The molecule has 1 aromatic heterocycles. The molecule has 1 aliphatic heterocycles. The van der Waals surface area contributed by atoms with Crippen molar-refractivity contribution in [3.8, 4) is 0 Å². The predicted molar refractivity (Wildman–Crippen MR) is 121 cm³/mol. The highest BCUT2D eigenvalue weighted by Gasteiger charge is 2.47. The first-order valence-corrected chi connectivity index (χ1v) is 10.2. The van der Waals surface area contributed by atoms with Crippen molar-refractivity contribution in [3.63, 3.8) is 0 Å². The summed E-state index contributed by atoms with van der Waals surface area (Å²) in [6.07, 6.45) is 1.72. The molecule has 0 saturated carbocycles. The summed E-state index contributed by atoms with van der Waals surface area (Å²) in [6, 6.07) is 18.2. The molecule has 3 aromatic carbocycles. The van der Waals surface area contributed by atoms with E-state index in [0.29, 0.717) is 21.8 Å². The summed E-state index contributed by atoms with van der Waals surface area (Å²) in [6.45, 7) is 0.